The third-order valence-electron chi connectivity index (χ3n) is 7.73. The Labute approximate surface area is 132 Å². The van der Waals surface area contributed by atoms with Crippen molar-refractivity contribution in [2.24, 2.45) is 33.1 Å². The molecule has 2 fully saturated rings. The fraction of sp³-hybridized carbons (Fsp3) is 1.00. The molecule has 0 aromatic heterocycles. The predicted molar refractivity (Wildman–Crippen MR) is 92.0 cm³/mol. The minimum absolute atomic E-state index is 0.337. The number of hydrogen-bond donors (Lipinski definition) is 2. The van der Waals surface area contributed by atoms with E-state index in [1.54, 1.807) is 0 Å². The number of hydrogen-bond acceptors (Lipinski definition) is 2. The lowest BCUT2D eigenvalue weighted by Crippen LogP contribution is -2.52. The summed E-state index contributed by atoms with van der Waals surface area (Å²) in [5.74, 6) is 0. The molecule has 4 unspecified atom stereocenters. The van der Waals surface area contributed by atoms with E-state index in [-0.39, 0.29) is 0 Å². The monoisotopic (exact) mass is 294 g/mol. The largest absolute Gasteiger partial charge is 0.328 e. The Morgan fingerprint density at radius 2 is 1.05 bits per heavy atom. The normalized spacial score (nSPS) is 46.3. The Bertz CT molecular complexity index is 351. The van der Waals surface area contributed by atoms with Crippen molar-refractivity contribution < 1.29 is 0 Å². The van der Waals surface area contributed by atoms with Crippen LogP contribution in [-0.2, 0) is 0 Å². The van der Waals surface area contributed by atoms with Crippen molar-refractivity contribution in [2.75, 3.05) is 0 Å². The van der Waals surface area contributed by atoms with Crippen molar-refractivity contribution in [3.8, 4) is 0 Å². The highest BCUT2D eigenvalue weighted by atomic mass is 14.7. The van der Waals surface area contributed by atoms with Gasteiger partial charge >= 0.3 is 0 Å². The highest BCUT2D eigenvalue weighted by molar-refractivity contribution is 5.04. The summed E-state index contributed by atoms with van der Waals surface area (Å²) < 4.78 is 0. The maximum atomic E-state index is 6.25. The first-order valence-corrected chi connectivity index (χ1v) is 8.92. The molecule has 0 bridgehead atoms. The Morgan fingerprint density at radius 1 is 0.714 bits per heavy atom. The van der Waals surface area contributed by atoms with Gasteiger partial charge in [0.05, 0.1) is 0 Å². The van der Waals surface area contributed by atoms with Crippen molar-refractivity contribution in [3.05, 3.63) is 0 Å². The minimum Gasteiger partial charge on any atom is -0.328 e. The Kier molecular flexibility index (Phi) is 4.30. The van der Waals surface area contributed by atoms with E-state index in [0.29, 0.717) is 33.7 Å². The van der Waals surface area contributed by atoms with E-state index in [2.05, 4.69) is 41.5 Å². The fourth-order valence-electron chi connectivity index (χ4n) is 5.21. The zero-order valence-corrected chi connectivity index (χ0v) is 15.3. The summed E-state index contributed by atoms with van der Waals surface area (Å²) in [5.41, 5.74) is 14.0. The Hall–Kier alpha value is -0.0800. The van der Waals surface area contributed by atoms with E-state index >= 15 is 0 Å². The molecule has 0 amide bonds. The molecule has 4 N–H and O–H groups in total. The van der Waals surface area contributed by atoms with Crippen LogP contribution in [0, 0.1) is 21.7 Å². The van der Waals surface area contributed by atoms with E-state index in [1.807, 2.05) is 0 Å². The van der Waals surface area contributed by atoms with Crippen LogP contribution < -0.4 is 11.5 Å². The summed E-state index contributed by atoms with van der Waals surface area (Å²) in [7, 11) is 0. The lowest BCUT2D eigenvalue weighted by atomic mass is 9.47. The molecular formula is C19H38N2. The third-order valence-corrected chi connectivity index (χ3v) is 7.73. The topological polar surface area (TPSA) is 52.0 Å². The van der Waals surface area contributed by atoms with E-state index in [4.69, 9.17) is 11.5 Å². The Balaban J connectivity index is 2.23. The van der Waals surface area contributed by atoms with Gasteiger partial charge in [0.1, 0.15) is 0 Å². The van der Waals surface area contributed by atoms with Crippen LogP contribution in [0.3, 0.4) is 0 Å². The summed E-state index contributed by atoms with van der Waals surface area (Å²) >= 11 is 0. The first kappa shape index (κ1) is 17.3. The molecule has 2 aliphatic carbocycles. The lowest BCUT2D eigenvalue weighted by molar-refractivity contribution is -0.0763. The van der Waals surface area contributed by atoms with E-state index < -0.39 is 0 Å². The van der Waals surface area contributed by atoms with Crippen molar-refractivity contribution in [1.29, 1.82) is 0 Å². The fourth-order valence-corrected chi connectivity index (χ4v) is 5.21. The zero-order valence-electron chi connectivity index (χ0n) is 15.3. The van der Waals surface area contributed by atoms with Crippen LogP contribution in [0.5, 0.6) is 0 Å². The first-order chi connectivity index (χ1) is 9.41. The van der Waals surface area contributed by atoms with Gasteiger partial charge in [-0.05, 0) is 66.6 Å². The van der Waals surface area contributed by atoms with Gasteiger partial charge < -0.3 is 11.5 Å². The first-order valence-electron chi connectivity index (χ1n) is 8.92. The van der Waals surface area contributed by atoms with Crippen LogP contribution in [0.2, 0.25) is 0 Å². The number of rotatable bonds is 2. The maximum absolute atomic E-state index is 6.25. The van der Waals surface area contributed by atoms with Crippen LogP contribution in [0.25, 0.3) is 0 Å². The van der Waals surface area contributed by atoms with Gasteiger partial charge in [-0.15, -0.1) is 0 Å². The third kappa shape index (κ3) is 3.03. The molecule has 0 aromatic rings. The summed E-state index contributed by atoms with van der Waals surface area (Å²) in [6.45, 7) is 14.8. The van der Waals surface area contributed by atoms with E-state index in [1.165, 1.54) is 44.9 Å². The van der Waals surface area contributed by atoms with Crippen LogP contribution in [-0.4, -0.2) is 12.1 Å². The van der Waals surface area contributed by atoms with Gasteiger partial charge in [-0.3, -0.25) is 0 Å². The molecule has 2 nitrogen and oxygen atoms in total. The molecule has 0 radical (unpaired) electrons. The Morgan fingerprint density at radius 3 is 1.33 bits per heavy atom. The molecule has 124 valence electrons. The van der Waals surface area contributed by atoms with Crippen molar-refractivity contribution in [2.45, 2.75) is 98.6 Å². The van der Waals surface area contributed by atoms with Gasteiger partial charge in [0.25, 0.3) is 0 Å². The predicted octanol–water partition coefficient (Wildman–Crippen LogP) is 4.46. The molecule has 4 atom stereocenters. The molecule has 2 heteroatoms. The lowest BCUT2D eigenvalue weighted by Gasteiger charge is -2.58. The zero-order chi connectivity index (χ0) is 16.1. The average molecular weight is 295 g/mol. The standard InChI is InChI=1S/C19H38N2/c1-16(2)11-14(20)7-9-18(16,5)13-19(6)10-8-15(21)12-17(19,3)4/h14-15H,7-13,20-21H2,1-6H3. The second-order valence-corrected chi connectivity index (χ2v) is 10.1. The smallest absolute Gasteiger partial charge is 0.00443 e. The van der Waals surface area contributed by atoms with Gasteiger partial charge in [-0.2, -0.15) is 0 Å². The summed E-state index contributed by atoms with van der Waals surface area (Å²) in [4.78, 5) is 0. The van der Waals surface area contributed by atoms with E-state index in [9.17, 15) is 0 Å². The quantitative estimate of drug-likeness (QED) is 0.789. The van der Waals surface area contributed by atoms with Gasteiger partial charge in [0.15, 0.2) is 0 Å². The van der Waals surface area contributed by atoms with Crippen LogP contribution in [0.1, 0.15) is 86.5 Å². The molecule has 2 rings (SSSR count). The molecule has 0 spiro atoms. The number of nitrogens with two attached hydrogens (primary N) is 2. The summed E-state index contributed by atoms with van der Waals surface area (Å²) in [6, 6.07) is 0.794. The van der Waals surface area contributed by atoms with Crippen LogP contribution >= 0.6 is 0 Å². The molecule has 0 aliphatic heterocycles. The molecule has 2 aliphatic rings. The van der Waals surface area contributed by atoms with Crippen LogP contribution in [0.4, 0.5) is 0 Å². The average Bonchev–Trinajstić information content (AvgIpc) is 2.30. The molecular weight excluding hydrogens is 256 g/mol. The molecule has 0 heterocycles. The summed E-state index contributed by atoms with van der Waals surface area (Å²) in [5, 5.41) is 0. The second kappa shape index (κ2) is 5.23. The molecule has 0 aromatic carbocycles. The minimum atomic E-state index is 0.337. The van der Waals surface area contributed by atoms with Crippen molar-refractivity contribution in [1.82, 2.24) is 0 Å². The van der Waals surface area contributed by atoms with Gasteiger partial charge in [0.2, 0.25) is 0 Å². The molecule has 0 saturated heterocycles. The van der Waals surface area contributed by atoms with E-state index in [0.717, 1.165) is 0 Å². The second-order valence-electron chi connectivity index (χ2n) is 10.1. The maximum Gasteiger partial charge on any atom is 0.00443 e. The van der Waals surface area contributed by atoms with Crippen molar-refractivity contribution in [3.63, 3.8) is 0 Å². The SMILES string of the molecule is CC1(C)CC(N)CCC1(C)CC1(C)CCC(N)CC1(C)C. The van der Waals surface area contributed by atoms with Crippen LogP contribution in [0.15, 0.2) is 0 Å². The van der Waals surface area contributed by atoms with Gasteiger partial charge in [-0.1, -0.05) is 41.5 Å². The summed E-state index contributed by atoms with van der Waals surface area (Å²) in [6.07, 6.45) is 8.59. The van der Waals surface area contributed by atoms with Gasteiger partial charge in [0, 0.05) is 12.1 Å². The highest BCUT2D eigenvalue weighted by Crippen LogP contribution is 2.61. The molecule has 2 saturated carbocycles. The van der Waals surface area contributed by atoms with Crippen molar-refractivity contribution >= 4 is 0 Å². The van der Waals surface area contributed by atoms with Gasteiger partial charge in [-0.25, -0.2) is 0 Å². The molecule has 21 heavy (non-hydrogen) atoms. The highest BCUT2D eigenvalue weighted by Gasteiger charge is 2.53.